The Bertz CT molecular complexity index is 934. The molecule has 2 aromatic rings. The van der Waals surface area contributed by atoms with Gasteiger partial charge in [0.25, 0.3) is 5.91 Å². The Morgan fingerprint density at radius 2 is 1.68 bits per heavy atom. The summed E-state index contributed by atoms with van der Waals surface area (Å²) in [7, 11) is 0. The molecular formula is C24H30Cl2N2O3. The Morgan fingerprint density at radius 3 is 2.23 bits per heavy atom. The third-order valence-electron chi connectivity index (χ3n) is 4.58. The lowest BCUT2D eigenvalue weighted by Gasteiger charge is -2.31. The van der Waals surface area contributed by atoms with Crippen molar-refractivity contribution in [3.8, 4) is 5.75 Å². The lowest BCUT2D eigenvalue weighted by molar-refractivity contribution is -0.142. The number of hydrogen-bond donors (Lipinski definition) is 1. The normalized spacial score (nSPS) is 12.3. The van der Waals surface area contributed by atoms with Crippen molar-refractivity contribution in [2.45, 2.75) is 59.7 Å². The van der Waals surface area contributed by atoms with Crippen LogP contribution >= 0.6 is 23.2 Å². The first-order valence-electron chi connectivity index (χ1n) is 10.1. The third-order valence-corrected chi connectivity index (χ3v) is 5.17. The van der Waals surface area contributed by atoms with Gasteiger partial charge in [-0.05, 0) is 82.5 Å². The first kappa shape index (κ1) is 25.0. The molecule has 168 valence electrons. The quantitative estimate of drug-likeness (QED) is 0.602. The zero-order chi connectivity index (χ0) is 23.3. The van der Waals surface area contributed by atoms with E-state index >= 15 is 0 Å². The second-order valence-electron chi connectivity index (χ2n) is 8.78. The van der Waals surface area contributed by atoms with Crippen LogP contribution in [0.4, 0.5) is 0 Å². The van der Waals surface area contributed by atoms with Crippen molar-refractivity contribution in [2.75, 3.05) is 6.61 Å². The van der Waals surface area contributed by atoms with Crippen molar-refractivity contribution < 1.29 is 14.3 Å². The molecule has 2 amide bonds. The topological polar surface area (TPSA) is 58.6 Å². The lowest BCUT2D eigenvalue weighted by Crippen LogP contribution is -2.53. The van der Waals surface area contributed by atoms with Crippen molar-refractivity contribution in [2.24, 2.45) is 0 Å². The van der Waals surface area contributed by atoms with E-state index in [1.54, 1.807) is 25.1 Å². The van der Waals surface area contributed by atoms with E-state index in [2.05, 4.69) is 5.32 Å². The summed E-state index contributed by atoms with van der Waals surface area (Å²) in [5.74, 6) is 0.0428. The van der Waals surface area contributed by atoms with E-state index in [-0.39, 0.29) is 25.0 Å². The Hall–Kier alpha value is -2.24. The number of nitrogens with zero attached hydrogens (tertiary/aromatic N) is 1. The van der Waals surface area contributed by atoms with Crippen LogP contribution in [0.15, 0.2) is 36.4 Å². The summed E-state index contributed by atoms with van der Waals surface area (Å²) in [5, 5.41) is 3.86. The Morgan fingerprint density at radius 1 is 1.06 bits per heavy atom. The van der Waals surface area contributed by atoms with Crippen LogP contribution in [0.5, 0.6) is 5.75 Å². The number of aryl methyl sites for hydroxylation is 2. The minimum Gasteiger partial charge on any atom is -0.484 e. The van der Waals surface area contributed by atoms with Gasteiger partial charge in [-0.15, -0.1) is 0 Å². The van der Waals surface area contributed by atoms with Crippen LogP contribution in [-0.4, -0.2) is 34.9 Å². The largest absolute Gasteiger partial charge is 0.484 e. The van der Waals surface area contributed by atoms with Gasteiger partial charge in [0.15, 0.2) is 6.61 Å². The molecule has 0 bridgehead atoms. The van der Waals surface area contributed by atoms with E-state index in [1.807, 2.05) is 52.8 Å². The van der Waals surface area contributed by atoms with Crippen LogP contribution in [0.1, 0.15) is 44.4 Å². The molecule has 0 aliphatic heterocycles. The van der Waals surface area contributed by atoms with Crippen LogP contribution in [-0.2, 0) is 16.1 Å². The van der Waals surface area contributed by atoms with E-state index < -0.39 is 11.6 Å². The van der Waals surface area contributed by atoms with Crippen molar-refractivity contribution in [3.63, 3.8) is 0 Å². The average molecular weight is 465 g/mol. The van der Waals surface area contributed by atoms with Crippen LogP contribution in [0, 0.1) is 13.8 Å². The highest BCUT2D eigenvalue weighted by Gasteiger charge is 2.29. The maximum absolute atomic E-state index is 13.1. The molecule has 0 radical (unpaired) electrons. The van der Waals surface area contributed by atoms with E-state index in [0.717, 1.165) is 11.1 Å². The molecule has 5 nitrogen and oxygen atoms in total. The van der Waals surface area contributed by atoms with Gasteiger partial charge in [0.2, 0.25) is 5.91 Å². The van der Waals surface area contributed by atoms with Gasteiger partial charge in [0, 0.05) is 22.1 Å². The number of ether oxygens (including phenoxy) is 1. The van der Waals surface area contributed by atoms with E-state index in [4.69, 9.17) is 27.9 Å². The molecule has 2 rings (SSSR count). The maximum Gasteiger partial charge on any atom is 0.261 e. The fourth-order valence-electron chi connectivity index (χ4n) is 3.13. The summed E-state index contributed by atoms with van der Waals surface area (Å²) in [6, 6.07) is 10.1. The van der Waals surface area contributed by atoms with Gasteiger partial charge < -0.3 is 15.0 Å². The number of hydrogen-bond acceptors (Lipinski definition) is 3. The number of nitrogens with one attached hydrogen (secondary N) is 1. The van der Waals surface area contributed by atoms with Crippen molar-refractivity contribution in [1.82, 2.24) is 10.2 Å². The van der Waals surface area contributed by atoms with Crippen molar-refractivity contribution in [1.29, 1.82) is 0 Å². The maximum atomic E-state index is 13.1. The number of rotatable bonds is 7. The second kappa shape index (κ2) is 10.4. The molecule has 0 heterocycles. The van der Waals surface area contributed by atoms with Crippen LogP contribution < -0.4 is 10.1 Å². The Kier molecular flexibility index (Phi) is 8.38. The van der Waals surface area contributed by atoms with Gasteiger partial charge in [0.1, 0.15) is 11.8 Å². The highest BCUT2D eigenvalue weighted by molar-refractivity contribution is 6.35. The predicted molar refractivity (Wildman–Crippen MR) is 126 cm³/mol. The van der Waals surface area contributed by atoms with Crippen LogP contribution in [0.3, 0.4) is 0 Å². The average Bonchev–Trinajstić information content (AvgIpc) is 2.63. The molecular weight excluding hydrogens is 435 g/mol. The number of amides is 2. The third kappa shape index (κ3) is 7.75. The zero-order valence-electron chi connectivity index (χ0n) is 18.9. The van der Waals surface area contributed by atoms with Crippen molar-refractivity contribution in [3.05, 3.63) is 63.1 Å². The monoisotopic (exact) mass is 464 g/mol. The molecule has 0 spiro atoms. The first-order valence-corrected chi connectivity index (χ1v) is 10.9. The molecule has 0 aromatic heterocycles. The zero-order valence-corrected chi connectivity index (χ0v) is 20.4. The van der Waals surface area contributed by atoms with Gasteiger partial charge in [-0.1, -0.05) is 35.3 Å². The summed E-state index contributed by atoms with van der Waals surface area (Å²) in [4.78, 5) is 27.4. The number of benzene rings is 2. The molecule has 1 atom stereocenters. The molecule has 0 saturated heterocycles. The fraction of sp³-hybridized carbons (Fsp3) is 0.417. The minimum atomic E-state index is -0.721. The van der Waals surface area contributed by atoms with Crippen molar-refractivity contribution >= 4 is 35.0 Å². The fourth-order valence-corrected chi connectivity index (χ4v) is 3.60. The van der Waals surface area contributed by atoms with Crippen LogP contribution in [0.25, 0.3) is 0 Å². The standard InChI is InChI=1S/C24H30Cl2N2O3/c1-15-9-16(2)11-20(10-15)31-14-22(29)28(17(3)23(30)27-24(4,5)6)13-18-7-8-19(25)12-21(18)26/h7-12,17H,13-14H2,1-6H3,(H,27,30)/t17-/m0/s1. The highest BCUT2D eigenvalue weighted by atomic mass is 35.5. The summed E-state index contributed by atoms with van der Waals surface area (Å²) in [6.07, 6.45) is 0. The van der Waals surface area contributed by atoms with Gasteiger partial charge in [-0.3, -0.25) is 9.59 Å². The summed E-state index contributed by atoms with van der Waals surface area (Å²) in [5.41, 5.74) is 2.37. The van der Waals surface area contributed by atoms with Gasteiger partial charge in [-0.2, -0.15) is 0 Å². The SMILES string of the molecule is Cc1cc(C)cc(OCC(=O)N(Cc2ccc(Cl)cc2Cl)[C@@H](C)C(=O)NC(C)(C)C)c1. The molecule has 2 aromatic carbocycles. The first-order chi connectivity index (χ1) is 14.4. The summed E-state index contributed by atoms with van der Waals surface area (Å²) in [6.45, 7) is 11.3. The molecule has 0 saturated carbocycles. The Balaban J connectivity index is 2.24. The molecule has 31 heavy (non-hydrogen) atoms. The summed E-state index contributed by atoms with van der Waals surface area (Å²) < 4.78 is 5.75. The second-order valence-corrected chi connectivity index (χ2v) is 9.63. The van der Waals surface area contributed by atoms with Gasteiger partial charge >= 0.3 is 0 Å². The number of halogens is 2. The molecule has 0 aliphatic rings. The number of carbonyl (C=O) groups excluding carboxylic acids is 2. The van der Waals surface area contributed by atoms with Gasteiger partial charge in [0.05, 0.1) is 0 Å². The van der Waals surface area contributed by atoms with E-state index in [1.165, 1.54) is 4.90 Å². The smallest absolute Gasteiger partial charge is 0.261 e. The molecule has 1 N–H and O–H groups in total. The summed E-state index contributed by atoms with van der Waals surface area (Å²) >= 11 is 12.3. The number of carbonyl (C=O) groups is 2. The lowest BCUT2D eigenvalue weighted by atomic mass is 10.1. The predicted octanol–water partition coefficient (Wildman–Crippen LogP) is 5.32. The van der Waals surface area contributed by atoms with Gasteiger partial charge in [-0.25, -0.2) is 0 Å². The molecule has 7 heteroatoms. The minimum absolute atomic E-state index is 0.157. The Labute approximate surface area is 194 Å². The van der Waals surface area contributed by atoms with Crippen LogP contribution in [0.2, 0.25) is 10.0 Å². The van der Waals surface area contributed by atoms with E-state index in [9.17, 15) is 9.59 Å². The molecule has 0 fully saturated rings. The van der Waals surface area contributed by atoms with E-state index in [0.29, 0.717) is 21.4 Å². The molecule has 0 aliphatic carbocycles. The highest BCUT2D eigenvalue weighted by Crippen LogP contribution is 2.24. The molecule has 0 unspecified atom stereocenters.